The van der Waals surface area contributed by atoms with Crippen molar-refractivity contribution < 1.29 is 39.2 Å². The molecule has 1 saturated heterocycles. The Hall–Kier alpha value is -2.30. The van der Waals surface area contributed by atoms with Gasteiger partial charge in [0.2, 0.25) is 5.91 Å². The minimum atomic E-state index is -1.39. The second kappa shape index (κ2) is 12.7. The van der Waals surface area contributed by atoms with Crippen LogP contribution in [-0.4, -0.2) is 70.3 Å². The summed E-state index contributed by atoms with van der Waals surface area (Å²) in [5.74, 6) is -3.16. The zero-order valence-electron chi connectivity index (χ0n) is 18.7. The van der Waals surface area contributed by atoms with Gasteiger partial charge in [0.1, 0.15) is 36.8 Å². The molecule has 0 aliphatic carbocycles. The van der Waals surface area contributed by atoms with E-state index in [0.29, 0.717) is 12.8 Å². The van der Waals surface area contributed by atoms with Crippen LogP contribution in [0.3, 0.4) is 0 Å². The van der Waals surface area contributed by atoms with Gasteiger partial charge in [-0.3, -0.25) is 24.7 Å². The van der Waals surface area contributed by atoms with Crippen molar-refractivity contribution in [1.82, 2.24) is 5.32 Å². The average molecular weight is 455 g/mol. The molecule has 4 N–H and O–H groups in total. The summed E-state index contributed by atoms with van der Waals surface area (Å²) in [5, 5.41) is 33.3. The summed E-state index contributed by atoms with van der Waals surface area (Å²) in [6.07, 6.45) is 1.90. The van der Waals surface area contributed by atoms with Crippen LogP contribution in [0.2, 0.25) is 0 Å². The highest BCUT2D eigenvalue weighted by atomic mass is 16.6. The lowest BCUT2D eigenvalue weighted by molar-refractivity contribution is -0.149. The maximum Gasteiger partial charge on any atom is 0.305 e. The van der Waals surface area contributed by atoms with Gasteiger partial charge in [-0.05, 0) is 12.8 Å². The number of nitrogens with one attached hydrogen (secondary N) is 1. The van der Waals surface area contributed by atoms with Crippen LogP contribution in [0.4, 0.5) is 0 Å². The molecule has 2 amide bonds. The van der Waals surface area contributed by atoms with Crippen molar-refractivity contribution in [2.75, 3.05) is 6.61 Å². The van der Waals surface area contributed by atoms with Crippen molar-refractivity contribution in [2.24, 2.45) is 10.9 Å². The minimum absolute atomic E-state index is 0.191. The van der Waals surface area contributed by atoms with Crippen LogP contribution in [0, 0.1) is 5.92 Å². The fourth-order valence-corrected chi connectivity index (χ4v) is 3.63. The highest BCUT2D eigenvalue weighted by Crippen LogP contribution is 2.33. The number of aliphatic hydroxyl groups is 3. The molecule has 2 heterocycles. The average Bonchev–Trinajstić information content (AvgIpc) is 3.26. The molecule has 5 atom stereocenters. The van der Waals surface area contributed by atoms with Crippen molar-refractivity contribution in [3.05, 3.63) is 11.5 Å². The third-order valence-corrected chi connectivity index (χ3v) is 5.54. The molecule has 10 nitrogen and oxygen atoms in total. The van der Waals surface area contributed by atoms with Gasteiger partial charge in [0.25, 0.3) is 5.91 Å². The van der Waals surface area contributed by atoms with Crippen LogP contribution in [0.1, 0.15) is 65.2 Å². The number of unbranched alkanes of at least 4 members (excludes halogenated alkanes) is 4. The summed E-state index contributed by atoms with van der Waals surface area (Å²) in [7, 11) is 0. The Labute approximate surface area is 187 Å². The van der Waals surface area contributed by atoms with E-state index in [0.717, 1.165) is 25.7 Å². The van der Waals surface area contributed by atoms with Gasteiger partial charge in [0.15, 0.2) is 5.70 Å². The number of imide groups is 1. The summed E-state index contributed by atoms with van der Waals surface area (Å²) in [6.45, 7) is 3.78. The van der Waals surface area contributed by atoms with E-state index in [1.165, 1.54) is 6.21 Å². The molecule has 1 fully saturated rings. The van der Waals surface area contributed by atoms with Gasteiger partial charge in [-0.25, -0.2) is 0 Å². The summed E-state index contributed by atoms with van der Waals surface area (Å²) >= 11 is 0. The fraction of sp³-hybridized carbons (Fsp3) is 0.727. The molecule has 2 aliphatic rings. The second-order valence-electron chi connectivity index (χ2n) is 8.13. The number of aliphatic imine (C=N–C) groups is 1. The third-order valence-electron chi connectivity index (χ3n) is 5.54. The Kier molecular flexibility index (Phi) is 10.3. The molecule has 0 aromatic carbocycles. The van der Waals surface area contributed by atoms with E-state index < -0.39 is 53.9 Å². The molecule has 0 radical (unpaired) electrons. The van der Waals surface area contributed by atoms with E-state index in [2.05, 4.69) is 10.3 Å². The van der Waals surface area contributed by atoms with Crippen LogP contribution in [-0.2, 0) is 23.9 Å². The molecular formula is C22H34N2O8. The van der Waals surface area contributed by atoms with E-state index in [4.69, 9.17) is 9.47 Å². The lowest BCUT2D eigenvalue weighted by atomic mass is 9.95. The highest BCUT2D eigenvalue weighted by molar-refractivity contribution is 6.06. The van der Waals surface area contributed by atoms with Gasteiger partial charge in [0.05, 0.1) is 5.92 Å². The Balaban J connectivity index is 1.92. The van der Waals surface area contributed by atoms with Crippen molar-refractivity contribution in [3.63, 3.8) is 0 Å². The van der Waals surface area contributed by atoms with E-state index in [-0.39, 0.29) is 25.1 Å². The van der Waals surface area contributed by atoms with Crippen molar-refractivity contribution in [2.45, 2.75) is 89.6 Å². The molecular weight excluding hydrogens is 420 g/mol. The number of hydrogen-bond acceptors (Lipinski definition) is 9. The number of carbonyl (C=O) groups excluding carboxylic acids is 3. The molecule has 180 valence electrons. The number of hydrogen-bond donors (Lipinski definition) is 4. The number of carbonyl (C=O) groups is 3. The molecule has 0 aromatic heterocycles. The van der Waals surface area contributed by atoms with Crippen LogP contribution in [0.5, 0.6) is 0 Å². The van der Waals surface area contributed by atoms with Crippen molar-refractivity contribution >= 4 is 24.0 Å². The van der Waals surface area contributed by atoms with Crippen LogP contribution in [0.25, 0.3) is 0 Å². The number of amides is 2. The Morgan fingerprint density at radius 1 is 1.06 bits per heavy atom. The standard InChI is InChI=1S/C22H34N2O8/c1-3-5-7-9-15(25)24-22(30)17-18(27)13(11-23-17)21-20(29)19(28)14(32-21)12-31-16(26)10-8-6-4-2/h11,13-14,19-21,27-29H,3-10,12H2,1-2H3,(H,24,25,30)/t13?,14-,19?,20-,21+/m1/s1. The third kappa shape index (κ3) is 6.85. The molecule has 2 aliphatic heterocycles. The lowest BCUT2D eigenvalue weighted by Crippen LogP contribution is -2.37. The largest absolute Gasteiger partial charge is 0.509 e. The number of ether oxygens (including phenoxy) is 2. The molecule has 0 spiro atoms. The van der Waals surface area contributed by atoms with Gasteiger partial charge >= 0.3 is 5.97 Å². The quantitative estimate of drug-likeness (QED) is 0.254. The molecule has 0 saturated carbocycles. The summed E-state index contributed by atoms with van der Waals surface area (Å²) in [6, 6.07) is 0. The van der Waals surface area contributed by atoms with Gasteiger partial charge in [-0.2, -0.15) is 0 Å². The molecule has 2 unspecified atom stereocenters. The zero-order valence-corrected chi connectivity index (χ0v) is 18.7. The Bertz CT molecular complexity index is 735. The summed E-state index contributed by atoms with van der Waals surface area (Å²) in [4.78, 5) is 39.8. The molecule has 2 rings (SSSR count). The van der Waals surface area contributed by atoms with Gasteiger partial charge < -0.3 is 24.8 Å². The molecule has 32 heavy (non-hydrogen) atoms. The number of rotatable bonds is 12. The van der Waals surface area contributed by atoms with E-state index >= 15 is 0 Å². The second-order valence-corrected chi connectivity index (χ2v) is 8.13. The molecule has 10 heteroatoms. The van der Waals surface area contributed by atoms with Crippen LogP contribution >= 0.6 is 0 Å². The Morgan fingerprint density at radius 2 is 1.72 bits per heavy atom. The first-order valence-electron chi connectivity index (χ1n) is 11.3. The number of aliphatic hydroxyl groups excluding tert-OH is 3. The maximum atomic E-state index is 12.3. The normalized spacial score (nSPS) is 27.1. The first kappa shape index (κ1) is 26.0. The maximum absolute atomic E-state index is 12.3. The van der Waals surface area contributed by atoms with Crippen molar-refractivity contribution in [3.8, 4) is 0 Å². The van der Waals surface area contributed by atoms with Crippen LogP contribution < -0.4 is 5.32 Å². The fourth-order valence-electron chi connectivity index (χ4n) is 3.63. The minimum Gasteiger partial charge on any atom is -0.509 e. The predicted octanol–water partition coefficient (Wildman–Crippen LogP) is 1.29. The van der Waals surface area contributed by atoms with Crippen molar-refractivity contribution in [1.29, 1.82) is 0 Å². The van der Waals surface area contributed by atoms with Gasteiger partial charge in [0, 0.05) is 19.1 Å². The highest BCUT2D eigenvalue weighted by Gasteiger charge is 2.49. The smallest absolute Gasteiger partial charge is 0.305 e. The Morgan fingerprint density at radius 3 is 2.38 bits per heavy atom. The van der Waals surface area contributed by atoms with E-state index in [1.54, 1.807) is 0 Å². The monoisotopic (exact) mass is 454 g/mol. The SMILES string of the molecule is CCCCCC(=O)NC(=O)C1=C(O)C([C@@H]2O[C@H](COC(=O)CCCCC)C(O)[C@H]2O)C=N1. The number of esters is 1. The first-order valence-corrected chi connectivity index (χ1v) is 11.3. The van der Waals surface area contributed by atoms with E-state index in [9.17, 15) is 29.7 Å². The summed E-state index contributed by atoms with van der Waals surface area (Å²) in [5.41, 5.74) is -0.338. The zero-order chi connectivity index (χ0) is 23.7. The summed E-state index contributed by atoms with van der Waals surface area (Å²) < 4.78 is 10.8. The molecule has 0 aromatic rings. The number of nitrogens with zero attached hydrogens (tertiary/aromatic N) is 1. The lowest BCUT2D eigenvalue weighted by Gasteiger charge is -2.19. The van der Waals surface area contributed by atoms with E-state index in [1.807, 2.05) is 13.8 Å². The van der Waals surface area contributed by atoms with Gasteiger partial charge in [-0.15, -0.1) is 0 Å². The molecule has 0 bridgehead atoms. The first-order chi connectivity index (χ1) is 15.3. The van der Waals surface area contributed by atoms with Gasteiger partial charge in [-0.1, -0.05) is 39.5 Å². The topological polar surface area (TPSA) is 155 Å². The predicted molar refractivity (Wildman–Crippen MR) is 115 cm³/mol. The van der Waals surface area contributed by atoms with Crippen LogP contribution in [0.15, 0.2) is 16.4 Å².